The van der Waals surface area contributed by atoms with E-state index in [4.69, 9.17) is 5.73 Å². The highest BCUT2D eigenvalue weighted by molar-refractivity contribution is 5.82. The lowest BCUT2D eigenvalue weighted by atomic mass is 10.2. The van der Waals surface area contributed by atoms with Crippen molar-refractivity contribution in [3.8, 4) is 0 Å². The second-order valence-corrected chi connectivity index (χ2v) is 4.23. The molecule has 2 heterocycles. The van der Waals surface area contributed by atoms with Gasteiger partial charge in [0.25, 0.3) is 0 Å². The van der Waals surface area contributed by atoms with E-state index in [9.17, 15) is 0 Å². The van der Waals surface area contributed by atoms with Crippen LogP contribution in [0, 0.1) is 0 Å². The molecule has 1 atom stereocenters. The normalized spacial score (nSPS) is 25.4. The second-order valence-electron chi connectivity index (χ2n) is 4.23. The Morgan fingerprint density at radius 3 is 3.12 bits per heavy atom. The molecule has 17 heavy (non-hydrogen) atoms. The third kappa shape index (κ3) is 3.57. The van der Waals surface area contributed by atoms with Crippen molar-refractivity contribution in [3.63, 3.8) is 0 Å². The quantitative estimate of drug-likeness (QED) is 0.702. The molecule has 0 aliphatic carbocycles. The zero-order valence-electron chi connectivity index (χ0n) is 9.85. The minimum absolute atomic E-state index is 0.529. The molecule has 5 nitrogen and oxygen atoms in total. The van der Waals surface area contributed by atoms with E-state index < -0.39 is 5.66 Å². The van der Waals surface area contributed by atoms with E-state index in [0.717, 1.165) is 6.42 Å². The molecular weight excluding hydrogens is 214 g/mol. The Kier molecular flexibility index (Phi) is 3.39. The molecule has 0 spiro atoms. The molecule has 1 aromatic heterocycles. The standard InChI is InChI=1S/C12H17N5/c1-12(13)5-8-16-11(17-12)15-7-4-10-3-2-6-14-9-10/h2-3,5-6,8-9H,4,7,13H2,1H3,(H2,15,16,17). The monoisotopic (exact) mass is 231 g/mol. The number of aliphatic imine (C=N–C) groups is 1. The molecule has 0 saturated heterocycles. The van der Waals surface area contributed by atoms with Gasteiger partial charge < -0.3 is 16.4 Å². The van der Waals surface area contributed by atoms with Crippen molar-refractivity contribution in [2.24, 2.45) is 10.7 Å². The molecule has 1 aliphatic rings. The lowest BCUT2D eigenvalue weighted by Crippen LogP contribution is -2.57. The molecule has 0 radical (unpaired) electrons. The van der Waals surface area contributed by atoms with Crippen molar-refractivity contribution < 1.29 is 0 Å². The molecule has 90 valence electrons. The number of nitrogens with one attached hydrogen (secondary N) is 2. The number of aromatic nitrogens is 1. The molecule has 0 fully saturated rings. The van der Waals surface area contributed by atoms with Crippen LogP contribution in [-0.4, -0.2) is 23.2 Å². The summed E-state index contributed by atoms with van der Waals surface area (Å²) >= 11 is 0. The molecule has 0 aromatic carbocycles. The summed E-state index contributed by atoms with van der Waals surface area (Å²) in [4.78, 5) is 8.47. The highest BCUT2D eigenvalue weighted by Crippen LogP contribution is 2.00. The maximum absolute atomic E-state index is 5.92. The summed E-state index contributed by atoms with van der Waals surface area (Å²) in [5.41, 5.74) is 6.57. The number of nitrogens with two attached hydrogens (primary N) is 1. The summed E-state index contributed by atoms with van der Waals surface area (Å²) in [6.07, 6.45) is 8.15. The van der Waals surface area contributed by atoms with E-state index >= 15 is 0 Å². The fraction of sp³-hybridized carbons (Fsp3) is 0.333. The van der Waals surface area contributed by atoms with Crippen LogP contribution < -0.4 is 16.4 Å². The molecule has 2 rings (SSSR count). The zero-order valence-corrected chi connectivity index (χ0v) is 9.85. The molecule has 0 amide bonds. The maximum Gasteiger partial charge on any atom is 0.197 e. The smallest absolute Gasteiger partial charge is 0.197 e. The van der Waals surface area contributed by atoms with Crippen molar-refractivity contribution in [3.05, 3.63) is 42.4 Å². The van der Waals surface area contributed by atoms with Gasteiger partial charge in [0.2, 0.25) is 0 Å². The van der Waals surface area contributed by atoms with Crippen LogP contribution in [0.4, 0.5) is 0 Å². The fourth-order valence-corrected chi connectivity index (χ4v) is 1.55. The Labute approximate surface area is 101 Å². The van der Waals surface area contributed by atoms with Crippen LogP contribution in [0.25, 0.3) is 0 Å². The molecule has 1 aliphatic heterocycles. The minimum Gasteiger partial charge on any atom is -0.335 e. The van der Waals surface area contributed by atoms with Gasteiger partial charge >= 0.3 is 0 Å². The van der Waals surface area contributed by atoms with Gasteiger partial charge in [0.05, 0.1) is 0 Å². The first-order chi connectivity index (χ1) is 8.16. The van der Waals surface area contributed by atoms with Gasteiger partial charge in [-0.3, -0.25) is 9.98 Å². The van der Waals surface area contributed by atoms with Crippen LogP contribution in [0.3, 0.4) is 0 Å². The first-order valence-corrected chi connectivity index (χ1v) is 5.60. The topological polar surface area (TPSA) is 75.3 Å². The zero-order chi connectivity index (χ0) is 12.1. The second kappa shape index (κ2) is 4.97. The number of hydrogen-bond acceptors (Lipinski definition) is 3. The molecular formula is C12H17N5. The van der Waals surface area contributed by atoms with E-state index in [-0.39, 0.29) is 0 Å². The third-order valence-electron chi connectivity index (χ3n) is 2.43. The van der Waals surface area contributed by atoms with Crippen LogP contribution in [0.1, 0.15) is 12.5 Å². The fourth-order valence-electron chi connectivity index (χ4n) is 1.55. The number of rotatable bonds is 3. The first-order valence-electron chi connectivity index (χ1n) is 5.60. The lowest BCUT2D eigenvalue weighted by Gasteiger charge is -2.28. The van der Waals surface area contributed by atoms with Crippen LogP contribution in [0.2, 0.25) is 0 Å². The predicted octanol–water partition coefficient (Wildman–Crippen LogP) is 0.361. The van der Waals surface area contributed by atoms with Gasteiger partial charge in [-0.2, -0.15) is 0 Å². The summed E-state index contributed by atoms with van der Waals surface area (Å²) < 4.78 is 0. The average Bonchev–Trinajstić information content (AvgIpc) is 2.29. The van der Waals surface area contributed by atoms with Gasteiger partial charge in [0, 0.05) is 25.1 Å². The summed E-state index contributed by atoms with van der Waals surface area (Å²) in [5, 5.41) is 6.12. The van der Waals surface area contributed by atoms with Crippen molar-refractivity contribution >= 4 is 5.96 Å². The summed E-state index contributed by atoms with van der Waals surface area (Å²) in [6, 6.07) is 3.97. The highest BCUT2D eigenvalue weighted by Gasteiger charge is 2.18. The van der Waals surface area contributed by atoms with E-state index in [1.165, 1.54) is 5.56 Å². The van der Waals surface area contributed by atoms with E-state index in [0.29, 0.717) is 12.5 Å². The molecule has 0 bridgehead atoms. The number of hydrogen-bond donors (Lipinski definition) is 3. The Balaban J connectivity index is 1.88. The van der Waals surface area contributed by atoms with Gasteiger partial charge in [-0.15, -0.1) is 0 Å². The number of guanidine groups is 1. The summed E-state index contributed by atoms with van der Waals surface area (Å²) in [5.74, 6) is 0.710. The molecule has 1 aromatic rings. The van der Waals surface area contributed by atoms with Gasteiger partial charge in [0.1, 0.15) is 5.66 Å². The van der Waals surface area contributed by atoms with Crippen LogP contribution in [0.5, 0.6) is 0 Å². The number of pyridine rings is 1. The van der Waals surface area contributed by atoms with Gasteiger partial charge in [-0.25, -0.2) is 0 Å². The summed E-state index contributed by atoms with van der Waals surface area (Å²) in [6.45, 7) is 2.59. The third-order valence-corrected chi connectivity index (χ3v) is 2.43. The van der Waals surface area contributed by atoms with Gasteiger partial charge in [-0.1, -0.05) is 6.07 Å². The minimum atomic E-state index is -0.529. The largest absolute Gasteiger partial charge is 0.335 e. The van der Waals surface area contributed by atoms with Gasteiger partial charge in [0.15, 0.2) is 5.96 Å². The SMILES string of the molecule is CC1(N)C=CNC(=NCCc2cccnc2)N1. The first kappa shape index (κ1) is 11.6. The predicted molar refractivity (Wildman–Crippen MR) is 68.2 cm³/mol. The Morgan fingerprint density at radius 1 is 1.53 bits per heavy atom. The van der Waals surface area contributed by atoms with Crippen LogP contribution in [0.15, 0.2) is 41.8 Å². The molecule has 0 saturated carbocycles. The van der Waals surface area contributed by atoms with Crippen LogP contribution >= 0.6 is 0 Å². The van der Waals surface area contributed by atoms with Gasteiger partial charge in [-0.05, 0) is 31.1 Å². The Bertz CT molecular complexity index is 422. The molecule has 4 N–H and O–H groups in total. The van der Waals surface area contributed by atoms with E-state index in [1.54, 1.807) is 12.4 Å². The highest BCUT2D eigenvalue weighted by atomic mass is 15.3. The average molecular weight is 231 g/mol. The molecule has 1 unspecified atom stereocenters. The maximum atomic E-state index is 5.92. The van der Waals surface area contributed by atoms with Crippen molar-refractivity contribution in [1.29, 1.82) is 0 Å². The van der Waals surface area contributed by atoms with E-state index in [1.807, 2.05) is 31.3 Å². The van der Waals surface area contributed by atoms with Crippen LogP contribution in [-0.2, 0) is 6.42 Å². The number of nitrogens with zero attached hydrogens (tertiary/aromatic N) is 2. The molecule has 5 heteroatoms. The Hall–Kier alpha value is -1.88. The van der Waals surface area contributed by atoms with Crippen molar-refractivity contribution in [1.82, 2.24) is 15.6 Å². The van der Waals surface area contributed by atoms with Crippen molar-refractivity contribution in [2.45, 2.75) is 19.0 Å². The summed E-state index contributed by atoms with van der Waals surface area (Å²) in [7, 11) is 0. The Morgan fingerprint density at radius 2 is 2.41 bits per heavy atom. The van der Waals surface area contributed by atoms with E-state index in [2.05, 4.69) is 20.6 Å². The lowest BCUT2D eigenvalue weighted by molar-refractivity contribution is 0.523. The van der Waals surface area contributed by atoms with Crippen molar-refractivity contribution in [2.75, 3.05) is 6.54 Å².